The van der Waals surface area contributed by atoms with Gasteiger partial charge in [-0.15, -0.1) is 0 Å². The molecule has 1 amide bonds. The summed E-state index contributed by atoms with van der Waals surface area (Å²) in [5.74, 6) is -1.09. The number of nitrogens with one attached hydrogen (secondary N) is 1. The molecule has 4 N–H and O–H groups in total. The van der Waals surface area contributed by atoms with Crippen LogP contribution in [0, 0.1) is 0 Å². The first kappa shape index (κ1) is 23.5. The van der Waals surface area contributed by atoms with Gasteiger partial charge in [0.05, 0.1) is 0 Å². The van der Waals surface area contributed by atoms with E-state index in [1.165, 1.54) is 15.7 Å². The van der Waals surface area contributed by atoms with Gasteiger partial charge < -0.3 is 0 Å². The molecule has 0 bridgehead atoms. The van der Waals surface area contributed by atoms with Crippen molar-refractivity contribution in [1.29, 1.82) is 0 Å². The van der Waals surface area contributed by atoms with Crippen molar-refractivity contribution in [3.05, 3.63) is 65.7 Å². The number of carbonyl (C=O) groups excluding carboxylic acids is 1. The molecule has 0 aliphatic rings. The Hall–Kier alpha value is -1.79. The quantitative estimate of drug-likeness (QED) is 0.340. The number of hydrogen-bond acceptors (Lipinski definition) is 4. The van der Waals surface area contributed by atoms with Crippen LogP contribution in [-0.4, -0.2) is 48.2 Å². The molecule has 0 unspecified atom stereocenters. The second kappa shape index (κ2) is 11.4. The summed E-state index contributed by atoms with van der Waals surface area (Å²) in [7, 11) is 1.51. The molecule has 1 atom stereocenters. The molecule has 29 heavy (non-hydrogen) atoms. The van der Waals surface area contributed by atoms with E-state index >= 15 is 0 Å². The first-order chi connectivity index (χ1) is 13.8. The molecule has 0 saturated heterocycles. The van der Waals surface area contributed by atoms with E-state index < -0.39 is 16.8 Å². The maximum absolute atomic E-state index is 12.6. The van der Waals surface area contributed by atoms with E-state index in [0.29, 0.717) is 12.1 Å². The van der Waals surface area contributed by atoms with Gasteiger partial charge in [-0.05, 0) is 0 Å². The summed E-state index contributed by atoms with van der Waals surface area (Å²) in [6.45, 7) is 4.29. The van der Waals surface area contributed by atoms with E-state index in [9.17, 15) is 14.7 Å². The summed E-state index contributed by atoms with van der Waals surface area (Å²) in [5.41, 5.74) is 7.77. The molecule has 5 nitrogen and oxygen atoms in total. The number of carboxylic acids is 1. The predicted molar refractivity (Wildman–Crippen MR) is 121 cm³/mol. The van der Waals surface area contributed by atoms with E-state index in [1.807, 2.05) is 56.3 Å². The van der Waals surface area contributed by atoms with Crippen molar-refractivity contribution >= 4 is 40.4 Å². The molecule has 0 saturated carbocycles. The van der Waals surface area contributed by atoms with Gasteiger partial charge in [0.15, 0.2) is 0 Å². The van der Waals surface area contributed by atoms with Crippen molar-refractivity contribution in [3.63, 3.8) is 0 Å². The van der Waals surface area contributed by atoms with Crippen molar-refractivity contribution in [3.8, 4) is 0 Å². The van der Waals surface area contributed by atoms with Crippen molar-refractivity contribution in [1.82, 2.24) is 5.32 Å². The third-order valence-corrected chi connectivity index (χ3v) is 10.6. The summed E-state index contributed by atoms with van der Waals surface area (Å²) in [6.07, 6.45) is 2.95. The number of rotatable bonds is 11. The predicted octanol–water partition coefficient (Wildman–Crippen LogP) is 2.61. The SMILES string of the molecule is CC(C)(S[Se]c1ccccc1C(=O)NCCCCc1ccccc1)[C@@H](N)C(=O)O. The summed E-state index contributed by atoms with van der Waals surface area (Å²) in [6, 6.07) is 16.9. The van der Waals surface area contributed by atoms with Gasteiger partial charge in [0.25, 0.3) is 0 Å². The normalized spacial score (nSPS) is 12.4. The first-order valence-corrected chi connectivity index (χ1v) is 13.3. The Labute approximate surface area is 182 Å². The topological polar surface area (TPSA) is 92.4 Å². The minimum absolute atomic E-state index is 0.0804. The third kappa shape index (κ3) is 7.52. The average Bonchev–Trinajstić information content (AvgIpc) is 2.72. The zero-order valence-electron chi connectivity index (χ0n) is 16.8. The zero-order valence-corrected chi connectivity index (χ0v) is 19.3. The standard InChI is InChI=1S/C22H28N2O3SSe/c1-22(2,19(23)21(26)27)28-29-18-14-7-6-13-17(18)20(25)24-15-9-8-12-16-10-4-3-5-11-16/h3-7,10-11,13-14,19H,8-9,12,15,23H2,1-2H3,(H,24,25)(H,26,27)/t19-/m0/s1. The molecule has 0 aromatic heterocycles. The number of carboxylic acid groups (broad SMARTS) is 1. The fourth-order valence-corrected chi connectivity index (χ4v) is 7.27. The summed E-state index contributed by atoms with van der Waals surface area (Å²) in [5, 5.41) is 12.2. The van der Waals surface area contributed by atoms with Crippen LogP contribution in [0.2, 0.25) is 0 Å². The van der Waals surface area contributed by atoms with Gasteiger partial charge in [0, 0.05) is 0 Å². The van der Waals surface area contributed by atoms with Crippen LogP contribution in [0.15, 0.2) is 54.6 Å². The van der Waals surface area contributed by atoms with Gasteiger partial charge in [-0.25, -0.2) is 0 Å². The number of aliphatic carboxylic acids is 1. The Morgan fingerprint density at radius 1 is 1.10 bits per heavy atom. The molecule has 2 aromatic carbocycles. The Kier molecular flexibility index (Phi) is 9.24. The number of unbranched alkanes of at least 4 members (excludes halogenated alkanes) is 1. The fraction of sp³-hybridized carbons (Fsp3) is 0.364. The molecule has 0 aliphatic carbocycles. The number of nitrogens with two attached hydrogens (primary N) is 1. The van der Waals surface area contributed by atoms with Gasteiger partial charge >= 0.3 is 182 Å². The molecule has 0 fully saturated rings. The van der Waals surface area contributed by atoms with Crippen LogP contribution in [0.4, 0.5) is 0 Å². The van der Waals surface area contributed by atoms with Crippen LogP contribution in [0.1, 0.15) is 42.6 Å². The van der Waals surface area contributed by atoms with Crippen LogP contribution in [-0.2, 0) is 11.2 Å². The molecule has 0 heterocycles. The van der Waals surface area contributed by atoms with Gasteiger partial charge in [0.2, 0.25) is 0 Å². The van der Waals surface area contributed by atoms with Crippen molar-refractivity contribution in [2.45, 2.75) is 43.9 Å². The summed E-state index contributed by atoms with van der Waals surface area (Å²) >= 11 is -0.127. The molecular weight excluding hydrogens is 451 g/mol. The molecule has 2 aromatic rings. The van der Waals surface area contributed by atoms with Crippen LogP contribution >= 0.6 is 10.2 Å². The third-order valence-electron chi connectivity index (χ3n) is 4.51. The van der Waals surface area contributed by atoms with Gasteiger partial charge in [-0.2, -0.15) is 0 Å². The Morgan fingerprint density at radius 2 is 1.76 bits per heavy atom. The summed E-state index contributed by atoms with van der Waals surface area (Å²) < 4.78 is 0.324. The Bertz CT molecular complexity index is 815. The number of hydrogen-bond donors (Lipinski definition) is 3. The van der Waals surface area contributed by atoms with Gasteiger partial charge in [-0.3, -0.25) is 0 Å². The molecule has 0 aliphatic heterocycles. The molecule has 2 rings (SSSR count). The monoisotopic (exact) mass is 480 g/mol. The fourth-order valence-electron chi connectivity index (χ4n) is 2.62. The Morgan fingerprint density at radius 3 is 2.45 bits per heavy atom. The van der Waals surface area contributed by atoms with E-state index in [4.69, 9.17) is 5.73 Å². The molecule has 0 spiro atoms. The van der Waals surface area contributed by atoms with E-state index in [0.717, 1.165) is 23.7 Å². The second-order valence-corrected chi connectivity index (χ2v) is 11.7. The minimum atomic E-state index is -1.01. The molecule has 156 valence electrons. The number of aryl methyl sites for hydroxylation is 1. The van der Waals surface area contributed by atoms with E-state index in [1.54, 1.807) is 0 Å². The van der Waals surface area contributed by atoms with Crippen LogP contribution in [0.3, 0.4) is 0 Å². The number of amides is 1. The van der Waals surface area contributed by atoms with E-state index in [-0.39, 0.29) is 19.7 Å². The summed E-state index contributed by atoms with van der Waals surface area (Å²) in [4.78, 5) is 23.8. The molecule has 7 heteroatoms. The Balaban J connectivity index is 1.85. The van der Waals surface area contributed by atoms with Crippen molar-refractivity contribution in [2.24, 2.45) is 5.73 Å². The zero-order chi connectivity index (χ0) is 21.3. The van der Waals surface area contributed by atoms with Crippen molar-refractivity contribution < 1.29 is 14.7 Å². The first-order valence-electron chi connectivity index (χ1n) is 9.56. The molecular formula is C22H28N2O3SSe. The number of carbonyl (C=O) groups is 2. The average molecular weight is 480 g/mol. The van der Waals surface area contributed by atoms with E-state index in [2.05, 4.69) is 17.4 Å². The van der Waals surface area contributed by atoms with Crippen LogP contribution in [0.25, 0.3) is 0 Å². The maximum atomic E-state index is 12.6. The molecule has 0 radical (unpaired) electrons. The van der Waals surface area contributed by atoms with Gasteiger partial charge in [0.1, 0.15) is 0 Å². The van der Waals surface area contributed by atoms with Gasteiger partial charge in [-0.1, -0.05) is 0 Å². The van der Waals surface area contributed by atoms with Crippen LogP contribution in [0.5, 0.6) is 0 Å². The second-order valence-electron chi connectivity index (χ2n) is 7.28. The van der Waals surface area contributed by atoms with Crippen LogP contribution < -0.4 is 15.5 Å². The number of benzene rings is 2. The van der Waals surface area contributed by atoms with Crippen molar-refractivity contribution in [2.75, 3.05) is 6.54 Å².